The number of aliphatic hydroxyl groups is 1. The van der Waals surface area contributed by atoms with Gasteiger partial charge in [-0.3, -0.25) is 4.79 Å². The molecule has 1 amide bonds. The lowest BCUT2D eigenvalue weighted by Crippen LogP contribution is -2.36. The lowest BCUT2D eigenvalue weighted by molar-refractivity contribution is -0.137. The zero-order valence-corrected chi connectivity index (χ0v) is 17.2. The molecule has 0 spiro atoms. The molecule has 0 saturated heterocycles. The Bertz CT molecular complexity index is 993. The van der Waals surface area contributed by atoms with E-state index in [9.17, 15) is 23.1 Å². The van der Waals surface area contributed by atoms with Crippen molar-refractivity contribution in [2.24, 2.45) is 0 Å². The monoisotopic (exact) mass is 450 g/mol. The molecule has 1 heterocycles. The van der Waals surface area contributed by atoms with Gasteiger partial charge in [0.1, 0.15) is 18.5 Å². The summed E-state index contributed by atoms with van der Waals surface area (Å²) in [6, 6.07) is 14.3. The van der Waals surface area contributed by atoms with Crippen LogP contribution in [-0.2, 0) is 23.8 Å². The van der Waals surface area contributed by atoms with Crippen LogP contribution in [0.1, 0.15) is 21.8 Å². The summed E-state index contributed by atoms with van der Waals surface area (Å²) in [5.74, 6) is -0.316. The lowest BCUT2D eigenvalue weighted by atomic mass is 10.2. The second-order valence-electron chi connectivity index (χ2n) is 6.87. The predicted octanol–water partition coefficient (Wildman–Crippen LogP) is 3.85. The highest BCUT2D eigenvalue weighted by atomic mass is 32.1. The molecular weight excluding hydrogens is 429 g/mol. The van der Waals surface area contributed by atoms with Gasteiger partial charge in [0.05, 0.1) is 22.7 Å². The van der Waals surface area contributed by atoms with Gasteiger partial charge in [-0.15, -0.1) is 11.3 Å². The summed E-state index contributed by atoms with van der Waals surface area (Å²) in [6.07, 6.45) is -4.77. The van der Waals surface area contributed by atoms with Gasteiger partial charge in [-0.2, -0.15) is 13.2 Å². The molecule has 2 N–H and O–H groups in total. The molecule has 0 radical (unpaired) electrons. The number of ether oxygens (including phenoxy) is 1. The van der Waals surface area contributed by atoms with E-state index in [1.54, 1.807) is 0 Å². The van der Waals surface area contributed by atoms with Gasteiger partial charge in [0.2, 0.25) is 5.91 Å². The highest BCUT2D eigenvalue weighted by Gasteiger charge is 2.30. The van der Waals surface area contributed by atoms with Crippen LogP contribution >= 0.6 is 11.3 Å². The molecule has 9 heteroatoms. The first kappa shape index (κ1) is 22.8. The number of halogens is 3. The van der Waals surface area contributed by atoms with E-state index >= 15 is 0 Å². The molecule has 164 valence electrons. The van der Waals surface area contributed by atoms with Crippen molar-refractivity contribution in [3.05, 3.63) is 81.8 Å². The molecule has 0 aliphatic rings. The highest BCUT2D eigenvalue weighted by Crippen LogP contribution is 2.31. The van der Waals surface area contributed by atoms with Crippen LogP contribution in [-0.4, -0.2) is 35.3 Å². The van der Waals surface area contributed by atoms with Crippen LogP contribution < -0.4 is 10.1 Å². The first-order valence-electron chi connectivity index (χ1n) is 9.51. The van der Waals surface area contributed by atoms with Crippen molar-refractivity contribution in [2.75, 3.05) is 13.2 Å². The third-order valence-electron chi connectivity index (χ3n) is 4.28. The number of rotatable bonds is 9. The predicted molar refractivity (Wildman–Crippen MR) is 111 cm³/mol. The van der Waals surface area contributed by atoms with E-state index in [1.807, 2.05) is 35.7 Å². The van der Waals surface area contributed by atoms with Gasteiger partial charge < -0.3 is 15.2 Å². The Hall–Kier alpha value is -2.91. The second-order valence-corrected chi connectivity index (χ2v) is 7.81. The maximum Gasteiger partial charge on any atom is 0.416 e. The third kappa shape index (κ3) is 7.37. The third-order valence-corrected chi connectivity index (χ3v) is 5.18. The lowest BCUT2D eigenvalue weighted by Gasteiger charge is -2.14. The summed E-state index contributed by atoms with van der Waals surface area (Å²) in [6.45, 7) is -0.335. The number of alkyl halides is 3. The van der Waals surface area contributed by atoms with E-state index in [1.165, 1.54) is 23.5 Å². The zero-order chi connectivity index (χ0) is 22.3. The van der Waals surface area contributed by atoms with Crippen molar-refractivity contribution in [1.29, 1.82) is 0 Å². The van der Waals surface area contributed by atoms with Crippen molar-refractivity contribution in [3.8, 4) is 5.75 Å². The van der Waals surface area contributed by atoms with Crippen LogP contribution in [0.4, 0.5) is 13.2 Å². The number of thiazole rings is 1. The van der Waals surface area contributed by atoms with Crippen molar-refractivity contribution >= 4 is 17.2 Å². The maximum atomic E-state index is 12.7. The molecule has 0 aliphatic carbocycles. The summed E-state index contributed by atoms with van der Waals surface area (Å²) >= 11 is 1.48. The number of nitrogens with one attached hydrogen (secondary N) is 1. The minimum Gasteiger partial charge on any atom is -0.491 e. The number of amides is 1. The molecular formula is C22H21F3N2O3S. The minimum atomic E-state index is -4.47. The van der Waals surface area contributed by atoms with Gasteiger partial charge in [0, 0.05) is 18.3 Å². The Morgan fingerprint density at radius 1 is 1.16 bits per heavy atom. The van der Waals surface area contributed by atoms with Gasteiger partial charge in [-0.25, -0.2) is 4.98 Å². The molecule has 1 atom stereocenters. The number of aliphatic hydroxyl groups excluding tert-OH is 1. The Labute approximate surface area is 181 Å². The average Bonchev–Trinajstić information content (AvgIpc) is 3.17. The Morgan fingerprint density at radius 3 is 2.68 bits per heavy atom. The van der Waals surface area contributed by atoms with E-state index in [2.05, 4.69) is 10.3 Å². The first-order valence-corrected chi connectivity index (χ1v) is 10.4. The Kier molecular flexibility index (Phi) is 7.64. The normalized spacial score (nSPS) is 12.4. The van der Waals surface area contributed by atoms with E-state index in [4.69, 9.17) is 4.74 Å². The topological polar surface area (TPSA) is 71.5 Å². The molecule has 0 fully saturated rings. The van der Waals surface area contributed by atoms with Crippen LogP contribution in [0.2, 0.25) is 0 Å². The van der Waals surface area contributed by atoms with Crippen LogP contribution in [0.15, 0.2) is 60.0 Å². The van der Waals surface area contributed by atoms with E-state index in [0.29, 0.717) is 12.1 Å². The fraction of sp³-hybridized carbons (Fsp3) is 0.273. The Balaban J connectivity index is 1.40. The van der Waals surface area contributed by atoms with E-state index < -0.39 is 17.8 Å². The SMILES string of the molecule is O=C(Cc1csc(Cc2ccccc2)n1)NCC(O)COc1cccc(C(F)(F)F)c1. The number of aromatic nitrogens is 1. The van der Waals surface area contributed by atoms with Gasteiger partial charge in [0.15, 0.2) is 0 Å². The zero-order valence-electron chi connectivity index (χ0n) is 16.4. The largest absolute Gasteiger partial charge is 0.491 e. The smallest absolute Gasteiger partial charge is 0.416 e. The molecule has 1 aromatic heterocycles. The van der Waals surface area contributed by atoms with Crippen LogP contribution in [0.3, 0.4) is 0 Å². The number of hydrogen-bond donors (Lipinski definition) is 2. The highest BCUT2D eigenvalue weighted by molar-refractivity contribution is 7.09. The van der Waals surface area contributed by atoms with Crippen molar-refractivity contribution in [2.45, 2.75) is 25.1 Å². The fourth-order valence-electron chi connectivity index (χ4n) is 2.75. The summed E-state index contributed by atoms with van der Waals surface area (Å²) in [4.78, 5) is 16.5. The van der Waals surface area contributed by atoms with Gasteiger partial charge >= 0.3 is 6.18 Å². The summed E-state index contributed by atoms with van der Waals surface area (Å²) in [5, 5.41) is 15.3. The number of benzene rings is 2. The fourth-order valence-corrected chi connectivity index (χ4v) is 3.58. The molecule has 1 unspecified atom stereocenters. The van der Waals surface area contributed by atoms with Gasteiger partial charge in [0.25, 0.3) is 0 Å². The van der Waals surface area contributed by atoms with Crippen LogP contribution in [0, 0.1) is 0 Å². The van der Waals surface area contributed by atoms with Crippen molar-refractivity contribution < 1.29 is 27.8 Å². The van der Waals surface area contributed by atoms with Gasteiger partial charge in [-0.05, 0) is 23.8 Å². The number of carbonyl (C=O) groups is 1. The molecule has 0 bridgehead atoms. The average molecular weight is 450 g/mol. The standard InChI is InChI=1S/C22H21F3N2O3S/c23-22(24,25)16-7-4-8-19(10-16)30-13-18(28)12-26-20(29)11-17-14-31-21(27-17)9-15-5-2-1-3-6-15/h1-8,10,14,18,28H,9,11-13H2,(H,26,29). The first-order chi connectivity index (χ1) is 14.8. The molecule has 5 nitrogen and oxygen atoms in total. The van der Waals surface area contributed by atoms with Crippen molar-refractivity contribution in [1.82, 2.24) is 10.3 Å². The second kappa shape index (κ2) is 10.4. The number of hydrogen-bond acceptors (Lipinski definition) is 5. The van der Waals surface area contributed by atoms with Crippen LogP contribution in [0.5, 0.6) is 5.75 Å². The molecule has 0 aliphatic heterocycles. The number of carbonyl (C=O) groups excluding carboxylic acids is 1. The Morgan fingerprint density at radius 2 is 1.94 bits per heavy atom. The molecule has 3 rings (SSSR count). The quantitative estimate of drug-likeness (QED) is 0.520. The van der Waals surface area contributed by atoms with Gasteiger partial charge in [-0.1, -0.05) is 36.4 Å². The minimum absolute atomic E-state index is 0.00591. The molecule has 0 saturated carbocycles. The van der Waals surface area contributed by atoms with E-state index in [0.717, 1.165) is 22.7 Å². The summed E-state index contributed by atoms with van der Waals surface area (Å²) < 4.78 is 43.3. The molecule has 2 aromatic carbocycles. The molecule has 31 heavy (non-hydrogen) atoms. The number of nitrogens with zero attached hydrogens (tertiary/aromatic N) is 1. The van der Waals surface area contributed by atoms with E-state index in [-0.39, 0.29) is 31.2 Å². The van der Waals surface area contributed by atoms with Crippen molar-refractivity contribution in [3.63, 3.8) is 0 Å². The molecule has 3 aromatic rings. The summed E-state index contributed by atoms with van der Waals surface area (Å²) in [5.41, 5.74) is 0.947. The van der Waals surface area contributed by atoms with Crippen LogP contribution in [0.25, 0.3) is 0 Å². The maximum absolute atomic E-state index is 12.7. The summed E-state index contributed by atoms with van der Waals surface area (Å²) in [7, 11) is 0.